The first kappa shape index (κ1) is 16.3. The van der Waals surface area contributed by atoms with Crippen molar-refractivity contribution in [3.63, 3.8) is 0 Å². The van der Waals surface area contributed by atoms with Crippen LogP contribution in [0.1, 0.15) is 17.8 Å². The van der Waals surface area contributed by atoms with Crippen LogP contribution in [0.5, 0.6) is 0 Å². The minimum absolute atomic E-state index is 0.00693. The lowest BCUT2D eigenvalue weighted by atomic mass is 10.1. The number of amides is 2. The van der Waals surface area contributed by atoms with E-state index >= 15 is 0 Å². The third-order valence-corrected chi connectivity index (χ3v) is 4.69. The summed E-state index contributed by atoms with van der Waals surface area (Å²) in [6.07, 6.45) is 1.95. The molecule has 6 heteroatoms. The molecule has 2 aromatic heterocycles. The quantitative estimate of drug-likeness (QED) is 0.761. The number of pyridine rings is 1. The molecule has 0 radical (unpaired) electrons. The molecule has 1 fully saturated rings. The van der Waals surface area contributed by atoms with Crippen LogP contribution >= 0.6 is 0 Å². The lowest BCUT2D eigenvalue weighted by Crippen LogP contribution is -2.28. The number of H-pyrrole nitrogens is 1. The second kappa shape index (κ2) is 6.63. The number of nitrogens with one attached hydrogen (secondary N) is 2. The van der Waals surface area contributed by atoms with Crippen molar-refractivity contribution in [2.24, 2.45) is 5.92 Å². The minimum Gasteiger partial charge on any atom is -0.359 e. The van der Waals surface area contributed by atoms with Crippen molar-refractivity contribution in [1.82, 2.24) is 14.9 Å². The van der Waals surface area contributed by atoms with Crippen LogP contribution in [0.25, 0.3) is 10.9 Å². The number of rotatable bonds is 4. The summed E-state index contributed by atoms with van der Waals surface area (Å²) in [5.74, 6) is -0.462. The molecular weight excluding hydrogens is 328 g/mol. The Bertz CT molecular complexity index is 964. The summed E-state index contributed by atoms with van der Waals surface area (Å²) >= 11 is 0. The van der Waals surface area contributed by atoms with Gasteiger partial charge in [0.25, 0.3) is 0 Å². The molecule has 0 saturated carbocycles. The monoisotopic (exact) mass is 348 g/mol. The van der Waals surface area contributed by atoms with E-state index in [2.05, 4.69) is 15.3 Å². The first-order chi connectivity index (χ1) is 12.6. The SMILES string of the molecule is Cc1cc2cc(NC(=O)C3CC(=O)N(Cc4ccccn4)C3)ccc2[nH]1. The van der Waals surface area contributed by atoms with Crippen LogP contribution in [0, 0.1) is 12.8 Å². The number of nitrogens with zero attached hydrogens (tertiary/aromatic N) is 2. The van der Waals surface area contributed by atoms with E-state index in [1.54, 1.807) is 11.1 Å². The number of carbonyl (C=O) groups excluding carboxylic acids is 2. The zero-order chi connectivity index (χ0) is 18.1. The van der Waals surface area contributed by atoms with E-state index in [4.69, 9.17) is 0 Å². The second-order valence-corrected chi connectivity index (χ2v) is 6.74. The molecule has 1 aromatic carbocycles. The van der Waals surface area contributed by atoms with Gasteiger partial charge < -0.3 is 15.2 Å². The number of aromatic amines is 1. The molecular formula is C20H20N4O2. The van der Waals surface area contributed by atoms with Gasteiger partial charge in [0.15, 0.2) is 0 Å². The second-order valence-electron chi connectivity index (χ2n) is 6.74. The van der Waals surface area contributed by atoms with Gasteiger partial charge in [0, 0.05) is 41.4 Å². The molecule has 132 valence electrons. The Hall–Kier alpha value is -3.15. The van der Waals surface area contributed by atoms with Crippen LogP contribution in [0.3, 0.4) is 0 Å². The highest BCUT2D eigenvalue weighted by molar-refractivity contribution is 5.98. The highest BCUT2D eigenvalue weighted by Crippen LogP contribution is 2.23. The largest absolute Gasteiger partial charge is 0.359 e. The third-order valence-electron chi connectivity index (χ3n) is 4.69. The fraction of sp³-hybridized carbons (Fsp3) is 0.250. The van der Waals surface area contributed by atoms with Gasteiger partial charge in [-0.1, -0.05) is 6.07 Å². The molecule has 1 atom stereocenters. The Morgan fingerprint density at radius 3 is 3.00 bits per heavy atom. The number of hydrogen-bond acceptors (Lipinski definition) is 3. The first-order valence-electron chi connectivity index (χ1n) is 8.66. The van der Waals surface area contributed by atoms with Gasteiger partial charge in [0.1, 0.15) is 0 Å². The van der Waals surface area contributed by atoms with Gasteiger partial charge >= 0.3 is 0 Å². The third kappa shape index (κ3) is 3.31. The smallest absolute Gasteiger partial charge is 0.229 e. The molecule has 26 heavy (non-hydrogen) atoms. The molecule has 1 unspecified atom stereocenters. The number of benzene rings is 1. The number of aromatic nitrogens is 2. The number of hydrogen-bond donors (Lipinski definition) is 2. The van der Waals surface area contributed by atoms with Crippen LogP contribution in [0.15, 0.2) is 48.7 Å². The molecule has 1 aliphatic heterocycles. The first-order valence-corrected chi connectivity index (χ1v) is 8.66. The van der Waals surface area contributed by atoms with Crippen molar-refractivity contribution >= 4 is 28.4 Å². The normalized spacial score (nSPS) is 17.0. The predicted molar refractivity (Wildman–Crippen MR) is 99.4 cm³/mol. The topological polar surface area (TPSA) is 78.1 Å². The Morgan fingerprint density at radius 1 is 1.31 bits per heavy atom. The number of likely N-dealkylation sites (tertiary alicyclic amines) is 1. The maximum absolute atomic E-state index is 12.6. The van der Waals surface area contributed by atoms with Crippen molar-refractivity contribution in [1.29, 1.82) is 0 Å². The zero-order valence-electron chi connectivity index (χ0n) is 14.5. The van der Waals surface area contributed by atoms with E-state index in [9.17, 15) is 9.59 Å². The van der Waals surface area contributed by atoms with Crippen molar-refractivity contribution < 1.29 is 9.59 Å². The Balaban J connectivity index is 1.42. The van der Waals surface area contributed by atoms with Crippen LogP contribution in [0.2, 0.25) is 0 Å². The predicted octanol–water partition coefficient (Wildman–Crippen LogP) is 2.86. The van der Waals surface area contributed by atoms with Crippen LogP contribution in [-0.2, 0) is 16.1 Å². The van der Waals surface area contributed by atoms with Crippen LogP contribution in [-0.4, -0.2) is 33.2 Å². The number of anilines is 1. The molecule has 0 aliphatic carbocycles. The summed E-state index contributed by atoms with van der Waals surface area (Å²) in [4.78, 5) is 34.0. The fourth-order valence-electron chi connectivity index (χ4n) is 3.39. The average molecular weight is 348 g/mol. The minimum atomic E-state index is -0.338. The molecule has 2 amide bonds. The van der Waals surface area contributed by atoms with E-state index in [0.29, 0.717) is 13.1 Å². The maximum Gasteiger partial charge on any atom is 0.229 e. The lowest BCUT2D eigenvalue weighted by Gasteiger charge is -2.16. The molecule has 3 aromatic rings. The standard InChI is InChI=1S/C20H20N4O2/c1-13-8-14-9-16(5-6-18(14)22-13)23-20(26)15-10-19(25)24(11-15)12-17-4-2-3-7-21-17/h2-9,15,22H,10-12H2,1H3,(H,23,26). The fourth-order valence-corrected chi connectivity index (χ4v) is 3.39. The molecule has 0 spiro atoms. The number of aryl methyl sites for hydroxylation is 1. The summed E-state index contributed by atoms with van der Waals surface area (Å²) in [7, 11) is 0. The molecule has 2 N–H and O–H groups in total. The van der Waals surface area contributed by atoms with Gasteiger partial charge in [-0.3, -0.25) is 14.6 Å². The van der Waals surface area contributed by atoms with Gasteiger partial charge in [-0.05, 0) is 43.3 Å². The van der Waals surface area contributed by atoms with E-state index in [1.165, 1.54) is 0 Å². The van der Waals surface area contributed by atoms with Gasteiger partial charge in [-0.15, -0.1) is 0 Å². The summed E-state index contributed by atoms with van der Waals surface area (Å²) in [6, 6.07) is 13.4. The Morgan fingerprint density at radius 2 is 2.19 bits per heavy atom. The van der Waals surface area contributed by atoms with Crippen LogP contribution < -0.4 is 5.32 Å². The molecule has 1 aliphatic rings. The molecule has 4 rings (SSSR count). The average Bonchev–Trinajstić information content (AvgIpc) is 3.17. The van der Waals surface area contributed by atoms with Crippen molar-refractivity contribution in [2.45, 2.75) is 19.9 Å². The molecule has 6 nitrogen and oxygen atoms in total. The summed E-state index contributed by atoms with van der Waals surface area (Å²) in [5.41, 5.74) is 3.69. The summed E-state index contributed by atoms with van der Waals surface area (Å²) in [6.45, 7) is 2.86. The van der Waals surface area contributed by atoms with E-state index < -0.39 is 0 Å². The van der Waals surface area contributed by atoms with Gasteiger partial charge in [-0.25, -0.2) is 0 Å². The molecule has 3 heterocycles. The molecule has 1 saturated heterocycles. The van der Waals surface area contributed by atoms with Gasteiger partial charge in [-0.2, -0.15) is 0 Å². The van der Waals surface area contributed by atoms with E-state index in [-0.39, 0.29) is 24.2 Å². The van der Waals surface area contributed by atoms with E-state index in [1.807, 2.05) is 49.4 Å². The van der Waals surface area contributed by atoms with Crippen LogP contribution in [0.4, 0.5) is 5.69 Å². The lowest BCUT2D eigenvalue weighted by molar-refractivity contribution is -0.128. The van der Waals surface area contributed by atoms with Gasteiger partial charge in [0.2, 0.25) is 11.8 Å². The Labute approximate surface area is 151 Å². The summed E-state index contributed by atoms with van der Waals surface area (Å²) in [5, 5.41) is 4.00. The van der Waals surface area contributed by atoms with Crippen molar-refractivity contribution in [3.8, 4) is 0 Å². The summed E-state index contributed by atoms with van der Waals surface area (Å²) < 4.78 is 0. The highest BCUT2D eigenvalue weighted by atomic mass is 16.2. The maximum atomic E-state index is 12.6. The Kier molecular flexibility index (Phi) is 4.16. The van der Waals surface area contributed by atoms with Crippen molar-refractivity contribution in [2.75, 3.05) is 11.9 Å². The van der Waals surface area contributed by atoms with Gasteiger partial charge in [0.05, 0.1) is 18.2 Å². The highest BCUT2D eigenvalue weighted by Gasteiger charge is 2.34. The van der Waals surface area contributed by atoms with Crippen molar-refractivity contribution in [3.05, 3.63) is 60.0 Å². The molecule has 0 bridgehead atoms. The number of carbonyl (C=O) groups is 2. The number of fused-ring (bicyclic) bond motifs is 1. The zero-order valence-corrected chi connectivity index (χ0v) is 14.5. The van der Waals surface area contributed by atoms with E-state index in [0.717, 1.165) is 28.0 Å².